The van der Waals surface area contributed by atoms with Crippen molar-refractivity contribution >= 4 is 23.1 Å². The number of rotatable bonds is 2. The zero-order valence-electron chi connectivity index (χ0n) is 12.7. The molecule has 22 heavy (non-hydrogen) atoms. The molecule has 0 aromatic heterocycles. The van der Waals surface area contributed by atoms with E-state index < -0.39 is 0 Å². The Balaban J connectivity index is 1.93. The predicted octanol–water partition coefficient (Wildman–Crippen LogP) is 2.99. The average molecular weight is 294 g/mol. The second-order valence-electron chi connectivity index (χ2n) is 5.59. The van der Waals surface area contributed by atoms with Crippen molar-refractivity contribution in [2.24, 2.45) is 0 Å². The van der Waals surface area contributed by atoms with E-state index in [0.29, 0.717) is 29.8 Å². The zero-order chi connectivity index (χ0) is 15.7. The first kappa shape index (κ1) is 14.3. The highest BCUT2D eigenvalue weighted by atomic mass is 16.2. The molecule has 0 atom stereocenters. The number of amides is 1. The van der Waals surface area contributed by atoms with Gasteiger partial charge in [0.25, 0.3) is 5.91 Å². The van der Waals surface area contributed by atoms with Crippen molar-refractivity contribution in [2.45, 2.75) is 6.42 Å². The molecule has 0 radical (unpaired) electrons. The summed E-state index contributed by atoms with van der Waals surface area (Å²) in [5.74, 6) is 0.0351. The van der Waals surface area contributed by atoms with Gasteiger partial charge in [-0.25, -0.2) is 0 Å². The van der Waals surface area contributed by atoms with Gasteiger partial charge >= 0.3 is 0 Å². The molecular formula is C18H18N2O2. The fraction of sp³-hybridized carbons (Fsp3) is 0.222. The SMILES string of the molecule is CN(C)c1ccc(C(=O)N2CCC(=O)c3ccccc32)cc1. The molecule has 0 bridgehead atoms. The van der Waals surface area contributed by atoms with Crippen molar-refractivity contribution in [3.63, 3.8) is 0 Å². The van der Waals surface area contributed by atoms with E-state index in [4.69, 9.17) is 0 Å². The Morgan fingerprint density at radius 1 is 1.05 bits per heavy atom. The van der Waals surface area contributed by atoms with E-state index in [-0.39, 0.29) is 11.7 Å². The molecule has 1 heterocycles. The first-order valence-corrected chi connectivity index (χ1v) is 7.29. The summed E-state index contributed by atoms with van der Waals surface area (Å²) in [6.45, 7) is 0.435. The maximum absolute atomic E-state index is 12.8. The Kier molecular flexibility index (Phi) is 3.67. The number of Topliss-reactive ketones (excluding diaryl/α,β-unsaturated/α-hetero) is 1. The summed E-state index contributed by atoms with van der Waals surface area (Å²) in [5, 5.41) is 0. The van der Waals surface area contributed by atoms with Gasteiger partial charge in [-0.05, 0) is 36.4 Å². The molecule has 2 aromatic carbocycles. The number of fused-ring (bicyclic) bond motifs is 1. The quantitative estimate of drug-likeness (QED) is 0.855. The van der Waals surface area contributed by atoms with E-state index in [2.05, 4.69) is 0 Å². The third-order valence-electron chi connectivity index (χ3n) is 3.93. The lowest BCUT2D eigenvalue weighted by Gasteiger charge is -2.28. The largest absolute Gasteiger partial charge is 0.378 e. The Hall–Kier alpha value is -2.62. The van der Waals surface area contributed by atoms with E-state index in [1.54, 1.807) is 11.0 Å². The Morgan fingerprint density at radius 3 is 2.41 bits per heavy atom. The van der Waals surface area contributed by atoms with Gasteiger partial charge in [0.1, 0.15) is 0 Å². The van der Waals surface area contributed by atoms with Gasteiger partial charge in [-0.1, -0.05) is 12.1 Å². The molecule has 2 aromatic rings. The summed E-state index contributed by atoms with van der Waals surface area (Å²) >= 11 is 0. The maximum Gasteiger partial charge on any atom is 0.258 e. The molecular weight excluding hydrogens is 276 g/mol. The molecule has 0 spiro atoms. The van der Waals surface area contributed by atoms with Crippen molar-refractivity contribution in [3.05, 3.63) is 59.7 Å². The minimum atomic E-state index is -0.0646. The lowest BCUT2D eigenvalue weighted by Crippen LogP contribution is -2.37. The van der Waals surface area contributed by atoms with Crippen LogP contribution in [0.4, 0.5) is 11.4 Å². The number of hydrogen-bond donors (Lipinski definition) is 0. The van der Waals surface area contributed by atoms with Gasteiger partial charge < -0.3 is 9.80 Å². The molecule has 3 rings (SSSR count). The Bertz CT molecular complexity index is 720. The first-order valence-electron chi connectivity index (χ1n) is 7.29. The molecule has 0 fully saturated rings. The van der Waals surface area contributed by atoms with E-state index in [1.165, 1.54) is 0 Å². The Morgan fingerprint density at radius 2 is 1.73 bits per heavy atom. The van der Waals surface area contributed by atoms with Gasteiger partial charge in [0, 0.05) is 43.9 Å². The van der Waals surface area contributed by atoms with Gasteiger partial charge in [0.15, 0.2) is 5.78 Å². The van der Waals surface area contributed by atoms with E-state index in [9.17, 15) is 9.59 Å². The molecule has 4 nitrogen and oxygen atoms in total. The van der Waals surface area contributed by atoms with Crippen LogP contribution >= 0.6 is 0 Å². The third-order valence-corrected chi connectivity index (χ3v) is 3.93. The topological polar surface area (TPSA) is 40.6 Å². The number of benzene rings is 2. The number of hydrogen-bond acceptors (Lipinski definition) is 3. The molecule has 1 amide bonds. The normalized spacial score (nSPS) is 13.7. The second kappa shape index (κ2) is 5.64. The number of nitrogens with zero attached hydrogens (tertiary/aromatic N) is 2. The monoisotopic (exact) mass is 294 g/mol. The predicted molar refractivity (Wildman–Crippen MR) is 87.8 cm³/mol. The summed E-state index contributed by atoms with van der Waals surface area (Å²) in [6.07, 6.45) is 0.374. The fourth-order valence-corrected chi connectivity index (χ4v) is 2.68. The summed E-state index contributed by atoms with van der Waals surface area (Å²) in [7, 11) is 3.92. The molecule has 0 aliphatic carbocycles. The van der Waals surface area contributed by atoms with Crippen LogP contribution in [0.25, 0.3) is 0 Å². The molecule has 0 saturated carbocycles. The van der Waals surface area contributed by atoms with Gasteiger partial charge in [0.2, 0.25) is 0 Å². The summed E-state index contributed by atoms with van der Waals surface area (Å²) < 4.78 is 0. The lowest BCUT2D eigenvalue weighted by atomic mass is 9.99. The number of carbonyl (C=O) groups excluding carboxylic acids is 2. The molecule has 0 unspecified atom stereocenters. The standard InChI is InChI=1S/C18H18N2O2/c1-19(2)14-9-7-13(8-10-14)18(22)20-12-11-17(21)15-5-3-4-6-16(15)20/h3-10H,11-12H2,1-2H3. The highest BCUT2D eigenvalue weighted by molar-refractivity contribution is 6.13. The van der Waals surface area contributed by atoms with Crippen LogP contribution in [-0.4, -0.2) is 32.3 Å². The maximum atomic E-state index is 12.8. The van der Waals surface area contributed by atoms with Gasteiger partial charge in [0.05, 0.1) is 5.69 Å². The smallest absolute Gasteiger partial charge is 0.258 e. The average Bonchev–Trinajstić information content (AvgIpc) is 2.55. The van der Waals surface area contributed by atoms with Crippen molar-refractivity contribution < 1.29 is 9.59 Å². The van der Waals surface area contributed by atoms with E-state index in [0.717, 1.165) is 5.69 Å². The first-order chi connectivity index (χ1) is 10.6. The van der Waals surface area contributed by atoms with Crippen molar-refractivity contribution in [2.75, 3.05) is 30.4 Å². The van der Waals surface area contributed by atoms with Crippen LogP contribution in [0, 0.1) is 0 Å². The van der Waals surface area contributed by atoms with Crippen LogP contribution in [-0.2, 0) is 0 Å². The molecule has 1 aliphatic rings. The molecule has 112 valence electrons. The summed E-state index contributed by atoms with van der Waals surface area (Å²) in [4.78, 5) is 28.4. The van der Waals surface area contributed by atoms with Gasteiger partial charge in [-0.2, -0.15) is 0 Å². The van der Waals surface area contributed by atoms with Crippen molar-refractivity contribution in [1.29, 1.82) is 0 Å². The van der Waals surface area contributed by atoms with Crippen LogP contribution in [0.1, 0.15) is 27.1 Å². The third kappa shape index (κ3) is 2.48. The van der Waals surface area contributed by atoms with Crippen LogP contribution in [0.15, 0.2) is 48.5 Å². The van der Waals surface area contributed by atoms with Crippen molar-refractivity contribution in [3.8, 4) is 0 Å². The van der Waals surface area contributed by atoms with Crippen molar-refractivity contribution in [1.82, 2.24) is 0 Å². The number of para-hydroxylation sites is 1. The van der Waals surface area contributed by atoms with Crippen LogP contribution in [0.3, 0.4) is 0 Å². The minimum absolute atomic E-state index is 0.0646. The van der Waals surface area contributed by atoms with Crippen LogP contribution in [0.5, 0.6) is 0 Å². The molecule has 0 saturated heterocycles. The number of anilines is 2. The molecule has 1 aliphatic heterocycles. The summed E-state index contributed by atoms with van der Waals surface area (Å²) in [5.41, 5.74) is 3.02. The van der Waals surface area contributed by atoms with E-state index >= 15 is 0 Å². The van der Waals surface area contributed by atoms with Crippen LogP contribution in [0.2, 0.25) is 0 Å². The molecule has 4 heteroatoms. The van der Waals surface area contributed by atoms with E-state index in [1.807, 2.05) is 61.5 Å². The Labute approximate surface area is 130 Å². The molecule has 0 N–H and O–H groups in total. The highest BCUT2D eigenvalue weighted by Gasteiger charge is 2.27. The van der Waals surface area contributed by atoms with Gasteiger partial charge in [-0.15, -0.1) is 0 Å². The summed E-state index contributed by atoms with van der Waals surface area (Å²) in [6, 6.07) is 14.8. The fourth-order valence-electron chi connectivity index (χ4n) is 2.68. The van der Waals surface area contributed by atoms with Gasteiger partial charge in [-0.3, -0.25) is 9.59 Å². The number of ketones is 1. The zero-order valence-corrected chi connectivity index (χ0v) is 12.7. The highest BCUT2D eigenvalue weighted by Crippen LogP contribution is 2.28. The minimum Gasteiger partial charge on any atom is -0.378 e. The van der Waals surface area contributed by atoms with Crippen LogP contribution < -0.4 is 9.80 Å². The second-order valence-corrected chi connectivity index (χ2v) is 5.59. The lowest BCUT2D eigenvalue weighted by molar-refractivity contribution is 0.0955. The number of carbonyl (C=O) groups is 2.